The normalized spacial score (nSPS) is 12.8. The first-order chi connectivity index (χ1) is 20.2. The van der Waals surface area contributed by atoms with Crippen LogP contribution in [0.25, 0.3) is 11.0 Å². The number of hydrogen-bond donors (Lipinski definition) is 4. The molecule has 0 spiro atoms. The van der Waals surface area contributed by atoms with E-state index in [0.29, 0.717) is 11.8 Å². The quantitative estimate of drug-likeness (QED) is 0.198. The second-order valence-corrected chi connectivity index (χ2v) is 9.03. The number of H-pyrrole nitrogens is 1. The van der Waals surface area contributed by atoms with Crippen molar-refractivity contribution < 1.29 is 55.6 Å². The first kappa shape index (κ1) is 32.7. The van der Waals surface area contributed by atoms with E-state index in [1.165, 1.54) is 16.7 Å². The molecule has 0 bridgehead atoms. The lowest BCUT2D eigenvalue weighted by Gasteiger charge is -2.15. The third-order valence-corrected chi connectivity index (χ3v) is 5.98. The molecular formula is C28H25F6N3O6. The van der Waals surface area contributed by atoms with E-state index in [0.717, 1.165) is 41.9 Å². The van der Waals surface area contributed by atoms with Crippen LogP contribution in [0.4, 0.5) is 26.3 Å². The Morgan fingerprint density at radius 1 is 0.907 bits per heavy atom. The van der Waals surface area contributed by atoms with E-state index in [-0.39, 0.29) is 0 Å². The number of alkyl halides is 6. The van der Waals surface area contributed by atoms with Crippen LogP contribution in [-0.4, -0.2) is 57.6 Å². The van der Waals surface area contributed by atoms with Crippen molar-refractivity contribution in [1.82, 2.24) is 15.3 Å². The second kappa shape index (κ2) is 13.9. The maximum absolute atomic E-state index is 10.6. The van der Waals surface area contributed by atoms with E-state index < -0.39 is 24.3 Å². The highest BCUT2D eigenvalue weighted by Gasteiger charge is 2.38. The van der Waals surface area contributed by atoms with E-state index in [4.69, 9.17) is 29.3 Å². The van der Waals surface area contributed by atoms with Crippen LogP contribution >= 0.6 is 0 Å². The number of fused-ring (bicyclic) bond motifs is 2. The molecule has 15 heteroatoms. The molecule has 43 heavy (non-hydrogen) atoms. The third-order valence-electron chi connectivity index (χ3n) is 5.98. The minimum Gasteiger partial charge on any atom is -0.493 e. The molecule has 4 aromatic rings. The zero-order chi connectivity index (χ0) is 31.8. The van der Waals surface area contributed by atoms with Crippen molar-refractivity contribution in [3.63, 3.8) is 0 Å². The standard InChI is InChI=1S/C24H23N3O2.2C2HF3O2/c1-28-24-10-16(14-25-19-11-17-4-2-3-5-18(17)12-19)6-9-23(24)29-20-7-8-21-22(13-20)27-15-26-21;2*3-2(4,5)1(6)7/h2-10,13,15,19,25H,11-12,14H2,1H3,(H,26,27);2*(H,6,7). The summed E-state index contributed by atoms with van der Waals surface area (Å²) in [5.74, 6) is -3.35. The van der Waals surface area contributed by atoms with Crippen LogP contribution in [0.2, 0.25) is 0 Å². The maximum atomic E-state index is 10.6. The molecule has 9 nitrogen and oxygen atoms in total. The van der Waals surface area contributed by atoms with Crippen LogP contribution in [0.5, 0.6) is 17.2 Å². The maximum Gasteiger partial charge on any atom is 0.490 e. The van der Waals surface area contributed by atoms with Crippen LogP contribution in [0, 0.1) is 0 Å². The Hall–Kier alpha value is -4.79. The number of hydrogen-bond acceptors (Lipinski definition) is 6. The lowest BCUT2D eigenvalue weighted by molar-refractivity contribution is -0.193. The molecule has 230 valence electrons. The number of methoxy groups -OCH3 is 1. The van der Waals surface area contributed by atoms with E-state index in [2.05, 4.69) is 45.6 Å². The fourth-order valence-electron chi connectivity index (χ4n) is 3.98. The summed E-state index contributed by atoms with van der Waals surface area (Å²) in [7, 11) is 1.67. The lowest BCUT2D eigenvalue weighted by atomic mass is 10.1. The molecule has 0 aliphatic heterocycles. The smallest absolute Gasteiger partial charge is 0.490 e. The molecule has 1 aromatic heterocycles. The molecular weight excluding hydrogens is 588 g/mol. The average Bonchev–Trinajstić information content (AvgIpc) is 3.58. The van der Waals surface area contributed by atoms with Crippen LogP contribution in [0.15, 0.2) is 67.0 Å². The summed E-state index contributed by atoms with van der Waals surface area (Å²) >= 11 is 0. The number of carbonyl (C=O) groups is 2. The van der Waals surface area contributed by atoms with Crippen LogP contribution in [0.1, 0.15) is 16.7 Å². The van der Waals surface area contributed by atoms with Gasteiger partial charge in [0.05, 0.1) is 24.5 Å². The number of ether oxygens (including phenoxy) is 2. The number of aromatic amines is 1. The van der Waals surface area contributed by atoms with Gasteiger partial charge in [0.2, 0.25) is 0 Å². The number of carboxylic acids is 2. The van der Waals surface area contributed by atoms with Crippen molar-refractivity contribution in [2.24, 2.45) is 0 Å². The molecule has 4 N–H and O–H groups in total. The highest BCUT2D eigenvalue weighted by Crippen LogP contribution is 2.33. The predicted octanol–water partition coefficient (Wildman–Crippen LogP) is 5.89. The number of nitrogens with one attached hydrogen (secondary N) is 2. The number of rotatable bonds is 6. The Balaban J connectivity index is 0.000000303. The van der Waals surface area contributed by atoms with Gasteiger partial charge in [0.15, 0.2) is 11.5 Å². The fraction of sp³-hybridized carbons (Fsp3) is 0.250. The van der Waals surface area contributed by atoms with Crippen molar-refractivity contribution in [1.29, 1.82) is 0 Å². The van der Waals surface area contributed by atoms with E-state index in [1.807, 2.05) is 30.3 Å². The van der Waals surface area contributed by atoms with Crippen LogP contribution < -0.4 is 14.8 Å². The van der Waals surface area contributed by atoms with Gasteiger partial charge >= 0.3 is 24.3 Å². The highest BCUT2D eigenvalue weighted by molar-refractivity contribution is 5.76. The van der Waals surface area contributed by atoms with E-state index in [9.17, 15) is 26.3 Å². The molecule has 3 aromatic carbocycles. The molecule has 0 unspecified atom stereocenters. The molecule has 0 saturated heterocycles. The van der Waals surface area contributed by atoms with E-state index in [1.54, 1.807) is 13.4 Å². The van der Waals surface area contributed by atoms with Gasteiger partial charge in [-0.1, -0.05) is 30.3 Å². The second-order valence-electron chi connectivity index (χ2n) is 9.03. The number of imidazole rings is 1. The van der Waals surface area contributed by atoms with Crippen LogP contribution in [-0.2, 0) is 29.0 Å². The third kappa shape index (κ3) is 9.63. The molecule has 5 rings (SSSR count). The summed E-state index contributed by atoms with van der Waals surface area (Å²) < 4.78 is 75.1. The minimum atomic E-state index is -5.08. The summed E-state index contributed by atoms with van der Waals surface area (Å²) in [5, 5.41) is 17.9. The Kier molecular flexibility index (Phi) is 10.6. The SMILES string of the molecule is COc1cc(CNC2Cc3ccccc3C2)ccc1Oc1ccc2nc[nH]c2c1.O=C(O)C(F)(F)F.O=C(O)C(F)(F)F. The summed E-state index contributed by atoms with van der Waals surface area (Å²) in [6.07, 6.45) is -6.31. The monoisotopic (exact) mass is 613 g/mol. The Labute approximate surface area is 240 Å². The van der Waals surface area contributed by atoms with Gasteiger partial charge in [-0.25, -0.2) is 14.6 Å². The van der Waals surface area contributed by atoms with Crippen molar-refractivity contribution >= 4 is 23.0 Å². The first-order valence-corrected chi connectivity index (χ1v) is 12.4. The highest BCUT2D eigenvalue weighted by atomic mass is 19.4. The van der Waals surface area contributed by atoms with Gasteiger partial charge in [0.1, 0.15) is 5.75 Å². The molecule has 1 aliphatic rings. The van der Waals surface area contributed by atoms with Crippen molar-refractivity contribution in [3.8, 4) is 17.2 Å². The van der Waals surface area contributed by atoms with Crippen molar-refractivity contribution in [2.75, 3.05) is 7.11 Å². The summed E-state index contributed by atoms with van der Waals surface area (Å²) in [6.45, 7) is 0.801. The number of benzene rings is 3. The van der Waals surface area contributed by atoms with Crippen LogP contribution in [0.3, 0.4) is 0 Å². The summed E-state index contributed by atoms with van der Waals surface area (Å²) in [4.78, 5) is 25.1. The molecule has 0 fully saturated rings. The number of halogens is 6. The number of nitrogens with zero attached hydrogens (tertiary/aromatic N) is 1. The zero-order valence-corrected chi connectivity index (χ0v) is 22.3. The Bertz CT molecular complexity index is 1510. The molecule has 0 amide bonds. The Morgan fingerprint density at radius 2 is 1.49 bits per heavy atom. The number of carboxylic acid groups (broad SMARTS) is 2. The molecule has 1 aliphatic carbocycles. The predicted molar refractivity (Wildman–Crippen MR) is 141 cm³/mol. The molecule has 1 heterocycles. The zero-order valence-electron chi connectivity index (χ0n) is 22.3. The first-order valence-electron chi connectivity index (χ1n) is 12.4. The van der Waals surface area contributed by atoms with Gasteiger partial charge < -0.3 is 30.0 Å². The van der Waals surface area contributed by atoms with Gasteiger partial charge in [-0.3, -0.25) is 0 Å². The van der Waals surface area contributed by atoms with Gasteiger partial charge in [-0.2, -0.15) is 26.3 Å². The van der Waals surface area contributed by atoms with Crippen molar-refractivity contribution in [3.05, 3.63) is 83.7 Å². The summed E-state index contributed by atoms with van der Waals surface area (Å²) in [6, 6.07) is 21.1. The van der Waals surface area contributed by atoms with Gasteiger partial charge in [0.25, 0.3) is 0 Å². The Morgan fingerprint density at radius 3 is 2.02 bits per heavy atom. The van der Waals surface area contributed by atoms with Gasteiger partial charge in [-0.05, 0) is 53.8 Å². The molecule has 0 saturated carbocycles. The van der Waals surface area contributed by atoms with Gasteiger partial charge in [-0.15, -0.1) is 0 Å². The number of aliphatic carboxylic acids is 2. The van der Waals surface area contributed by atoms with Gasteiger partial charge in [0, 0.05) is 18.7 Å². The topological polar surface area (TPSA) is 134 Å². The fourth-order valence-corrected chi connectivity index (χ4v) is 3.98. The minimum absolute atomic E-state index is 0.482. The largest absolute Gasteiger partial charge is 0.493 e. The molecule has 0 radical (unpaired) electrons. The lowest BCUT2D eigenvalue weighted by Crippen LogP contribution is -2.28. The number of aromatic nitrogens is 2. The van der Waals surface area contributed by atoms with Crippen molar-refractivity contribution in [2.45, 2.75) is 37.8 Å². The molecule has 0 atom stereocenters. The van der Waals surface area contributed by atoms with E-state index >= 15 is 0 Å². The summed E-state index contributed by atoms with van der Waals surface area (Å²) in [5.41, 5.74) is 5.95. The average molecular weight is 614 g/mol.